The summed E-state index contributed by atoms with van der Waals surface area (Å²) in [6, 6.07) is 9.08. The third kappa shape index (κ3) is 4.71. The summed E-state index contributed by atoms with van der Waals surface area (Å²) in [7, 11) is 0. The molecule has 0 aliphatic carbocycles. The van der Waals surface area contributed by atoms with E-state index < -0.39 is 0 Å². The Kier molecular flexibility index (Phi) is 5.39. The molecule has 0 aromatic heterocycles. The zero-order chi connectivity index (χ0) is 14.6. The van der Waals surface area contributed by atoms with E-state index in [9.17, 15) is 0 Å². The van der Waals surface area contributed by atoms with Crippen LogP contribution < -0.4 is 10.2 Å². The van der Waals surface area contributed by atoms with Crippen molar-refractivity contribution in [3.8, 4) is 0 Å². The molecule has 1 unspecified atom stereocenters. The summed E-state index contributed by atoms with van der Waals surface area (Å²) in [5, 5.41) is 4.33. The van der Waals surface area contributed by atoms with Crippen molar-refractivity contribution >= 4 is 17.4 Å². The van der Waals surface area contributed by atoms with Gasteiger partial charge in [-0.1, -0.05) is 19.1 Å². The first kappa shape index (κ1) is 15.7. The third-order valence-electron chi connectivity index (χ3n) is 3.72. The van der Waals surface area contributed by atoms with Crippen LogP contribution in [0.1, 0.15) is 39.7 Å². The predicted molar refractivity (Wildman–Crippen MR) is 91.8 cm³/mol. The van der Waals surface area contributed by atoms with E-state index in [1.165, 1.54) is 36.5 Å². The fraction of sp³-hybridized carbons (Fsp3) is 0.647. The zero-order valence-electron chi connectivity index (χ0n) is 13.3. The lowest BCUT2D eigenvalue weighted by Crippen LogP contribution is -2.37. The topological polar surface area (TPSA) is 15.3 Å². The summed E-state index contributed by atoms with van der Waals surface area (Å²) in [5.41, 5.74) is 2.92. The quantitative estimate of drug-likeness (QED) is 0.906. The lowest BCUT2D eigenvalue weighted by molar-refractivity contribution is 0.424. The Morgan fingerprint density at radius 3 is 2.55 bits per heavy atom. The second-order valence-corrected chi connectivity index (χ2v) is 8.03. The van der Waals surface area contributed by atoms with Crippen molar-refractivity contribution in [3.05, 3.63) is 29.8 Å². The van der Waals surface area contributed by atoms with E-state index in [1.54, 1.807) is 0 Å². The molecule has 112 valence electrons. The van der Waals surface area contributed by atoms with Gasteiger partial charge in [0.15, 0.2) is 0 Å². The van der Waals surface area contributed by atoms with Gasteiger partial charge in [-0.3, -0.25) is 0 Å². The van der Waals surface area contributed by atoms with E-state index >= 15 is 0 Å². The van der Waals surface area contributed by atoms with Crippen LogP contribution in [0.2, 0.25) is 0 Å². The third-order valence-corrected chi connectivity index (χ3v) is 5.09. The van der Waals surface area contributed by atoms with Gasteiger partial charge in [-0.05, 0) is 44.9 Å². The smallest absolute Gasteiger partial charge is 0.0367 e. The van der Waals surface area contributed by atoms with Gasteiger partial charge in [-0.25, -0.2) is 0 Å². The number of hydrogen-bond donors (Lipinski definition) is 1. The van der Waals surface area contributed by atoms with Crippen molar-refractivity contribution < 1.29 is 0 Å². The minimum absolute atomic E-state index is 0.178. The number of thioether (sulfide) groups is 1. The maximum Gasteiger partial charge on any atom is 0.0367 e. The zero-order valence-corrected chi connectivity index (χ0v) is 14.1. The lowest BCUT2D eigenvalue weighted by atomic mass is 10.1. The molecule has 1 aromatic carbocycles. The minimum atomic E-state index is 0.178. The summed E-state index contributed by atoms with van der Waals surface area (Å²) in [6.45, 7) is 12.2. The van der Waals surface area contributed by atoms with E-state index in [0.717, 1.165) is 11.8 Å². The normalized spacial score (nSPS) is 20.2. The molecule has 0 saturated carbocycles. The van der Waals surface area contributed by atoms with Gasteiger partial charge in [0.1, 0.15) is 0 Å². The van der Waals surface area contributed by atoms with Gasteiger partial charge >= 0.3 is 0 Å². The van der Waals surface area contributed by atoms with Crippen molar-refractivity contribution in [1.29, 1.82) is 0 Å². The fourth-order valence-corrected chi connectivity index (χ4v) is 3.57. The molecule has 0 radical (unpaired) electrons. The van der Waals surface area contributed by atoms with Gasteiger partial charge < -0.3 is 10.2 Å². The molecule has 1 saturated heterocycles. The molecule has 20 heavy (non-hydrogen) atoms. The van der Waals surface area contributed by atoms with E-state index in [0.29, 0.717) is 0 Å². The summed E-state index contributed by atoms with van der Waals surface area (Å²) in [4.78, 5) is 2.53. The Labute approximate surface area is 128 Å². The van der Waals surface area contributed by atoms with Crippen LogP contribution in [0.5, 0.6) is 0 Å². The van der Waals surface area contributed by atoms with E-state index in [-0.39, 0.29) is 5.54 Å². The molecule has 1 atom stereocenters. The highest BCUT2D eigenvalue weighted by atomic mass is 32.2. The van der Waals surface area contributed by atoms with Crippen LogP contribution in [0.25, 0.3) is 0 Å². The first-order valence-electron chi connectivity index (χ1n) is 7.68. The van der Waals surface area contributed by atoms with Gasteiger partial charge in [-0.15, -0.1) is 0 Å². The van der Waals surface area contributed by atoms with Gasteiger partial charge in [0, 0.05) is 41.9 Å². The van der Waals surface area contributed by atoms with Crippen molar-refractivity contribution in [2.75, 3.05) is 23.7 Å². The minimum Gasteiger partial charge on any atom is -0.370 e. The molecule has 2 rings (SSSR count). The molecule has 0 bridgehead atoms. The standard InChI is InChI=1S/C17H28N2S/c1-5-16-13-19(10-11-20-16)15-8-6-14(7-9-15)12-18-17(2,3)4/h6-9,16,18H,5,10-13H2,1-4H3. The largest absolute Gasteiger partial charge is 0.370 e. The average molecular weight is 292 g/mol. The highest BCUT2D eigenvalue weighted by Gasteiger charge is 2.19. The first-order chi connectivity index (χ1) is 9.48. The highest BCUT2D eigenvalue weighted by Crippen LogP contribution is 2.26. The molecule has 0 spiro atoms. The van der Waals surface area contributed by atoms with Crippen molar-refractivity contribution in [3.63, 3.8) is 0 Å². The van der Waals surface area contributed by atoms with Crippen molar-refractivity contribution in [2.24, 2.45) is 0 Å². The SMILES string of the molecule is CCC1CN(c2ccc(CNC(C)(C)C)cc2)CCS1. The van der Waals surface area contributed by atoms with Crippen LogP contribution in [0, 0.1) is 0 Å². The van der Waals surface area contributed by atoms with Crippen LogP contribution >= 0.6 is 11.8 Å². The molecule has 2 nitrogen and oxygen atoms in total. The Balaban J connectivity index is 1.94. The van der Waals surface area contributed by atoms with Gasteiger partial charge in [0.2, 0.25) is 0 Å². The van der Waals surface area contributed by atoms with E-state index in [2.05, 4.69) is 73.9 Å². The summed E-state index contributed by atoms with van der Waals surface area (Å²) in [6.07, 6.45) is 1.27. The number of nitrogens with zero attached hydrogens (tertiary/aromatic N) is 1. The molecule has 1 aliphatic rings. The molecule has 3 heteroatoms. The molecular weight excluding hydrogens is 264 g/mol. The molecule has 1 N–H and O–H groups in total. The Morgan fingerprint density at radius 2 is 1.95 bits per heavy atom. The van der Waals surface area contributed by atoms with Crippen LogP contribution in [-0.4, -0.2) is 29.6 Å². The van der Waals surface area contributed by atoms with Crippen molar-refractivity contribution in [2.45, 2.75) is 51.4 Å². The van der Waals surface area contributed by atoms with E-state index in [4.69, 9.17) is 0 Å². The second-order valence-electron chi connectivity index (χ2n) is 6.62. The van der Waals surface area contributed by atoms with E-state index in [1.807, 2.05) is 0 Å². The molecule has 0 amide bonds. The Bertz CT molecular complexity index is 408. The molecule has 1 heterocycles. The second kappa shape index (κ2) is 6.86. The number of anilines is 1. The fourth-order valence-electron chi connectivity index (χ4n) is 2.39. The average Bonchev–Trinajstić information content (AvgIpc) is 2.45. The van der Waals surface area contributed by atoms with Crippen LogP contribution in [0.3, 0.4) is 0 Å². The number of benzene rings is 1. The summed E-state index contributed by atoms with van der Waals surface area (Å²) in [5.74, 6) is 1.26. The van der Waals surface area contributed by atoms with Gasteiger partial charge in [0.25, 0.3) is 0 Å². The molecule has 1 fully saturated rings. The van der Waals surface area contributed by atoms with Gasteiger partial charge in [0.05, 0.1) is 0 Å². The monoisotopic (exact) mass is 292 g/mol. The van der Waals surface area contributed by atoms with Gasteiger partial charge in [-0.2, -0.15) is 11.8 Å². The summed E-state index contributed by atoms with van der Waals surface area (Å²) >= 11 is 2.12. The maximum absolute atomic E-state index is 3.54. The summed E-state index contributed by atoms with van der Waals surface area (Å²) < 4.78 is 0. The van der Waals surface area contributed by atoms with Crippen LogP contribution in [-0.2, 0) is 6.54 Å². The maximum atomic E-state index is 3.54. The number of nitrogens with one attached hydrogen (secondary N) is 1. The Hall–Kier alpha value is -0.670. The van der Waals surface area contributed by atoms with Crippen molar-refractivity contribution in [1.82, 2.24) is 5.32 Å². The number of rotatable bonds is 4. The lowest BCUT2D eigenvalue weighted by Gasteiger charge is -2.33. The van der Waals surface area contributed by atoms with Crippen LogP contribution in [0.4, 0.5) is 5.69 Å². The highest BCUT2D eigenvalue weighted by molar-refractivity contribution is 8.00. The first-order valence-corrected chi connectivity index (χ1v) is 8.73. The van der Waals surface area contributed by atoms with Crippen LogP contribution in [0.15, 0.2) is 24.3 Å². The molecule has 1 aromatic rings. The Morgan fingerprint density at radius 1 is 1.25 bits per heavy atom. The molecule has 1 aliphatic heterocycles. The predicted octanol–water partition coefficient (Wildman–Crippen LogP) is 3.91. The number of hydrogen-bond acceptors (Lipinski definition) is 3. The molecular formula is C17H28N2S.